The van der Waals surface area contributed by atoms with Gasteiger partial charge in [-0.25, -0.2) is 4.79 Å². The molecule has 0 bridgehead atoms. The lowest BCUT2D eigenvalue weighted by Crippen LogP contribution is -2.43. The first kappa shape index (κ1) is 26.9. The number of rotatable bonds is 11. The van der Waals surface area contributed by atoms with Gasteiger partial charge in [0, 0.05) is 12.2 Å². The molecule has 0 aliphatic rings. The molecule has 1 amide bonds. The number of nitrogens with two attached hydrogens (primary N) is 1. The predicted octanol–water partition coefficient (Wildman–Crippen LogP) is 5.07. The average Bonchev–Trinajstić information content (AvgIpc) is 2.85. The minimum atomic E-state index is -0.891. The van der Waals surface area contributed by atoms with Gasteiger partial charge < -0.3 is 30.0 Å². The molecule has 3 rings (SSSR count). The highest BCUT2D eigenvalue weighted by atomic mass is 16.6. The number of nitrogens with zero attached hydrogens (tertiary/aromatic N) is 1. The summed E-state index contributed by atoms with van der Waals surface area (Å²) in [6.45, 7) is 6.44. The van der Waals surface area contributed by atoms with E-state index < -0.39 is 17.8 Å². The summed E-state index contributed by atoms with van der Waals surface area (Å²) >= 11 is 0. The van der Waals surface area contributed by atoms with E-state index in [1.807, 2.05) is 87.5 Å². The maximum absolute atomic E-state index is 12.8. The van der Waals surface area contributed by atoms with Gasteiger partial charge in [-0.2, -0.15) is 0 Å². The highest BCUT2D eigenvalue weighted by Gasteiger charge is 2.24. The predicted molar refractivity (Wildman–Crippen MR) is 141 cm³/mol. The number of anilines is 1. The van der Waals surface area contributed by atoms with E-state index in [1.54, 1.807) is 12.1 Å². The van der Waals surface area contributed by atoms with Gasteiger partial charge in [0.25, 0.3) is 0 Å². The highest BCUT2D eigenvalue weighted by Crippen LogP contribution is 2.19. The Hall–Kier alpha value is -3.71. The number of hydrogen-bond donors (Lipinski definition) is 2. The summed E-state index contributed by atoms with van der Waals surface area (Å²) in [6, 6.07) is 24.7. The molecule has 0 aromatic heterocycles. The number of carbonyl (C=O) groups is 1. The fourth-order valence-electron chi connectivity index (χ4n) is 3.40. The fraction of sp³-hybridized carbons (Fsp3) is 0.345. The van der Waals surface area contributed by atoms with Crippen molar-refractivity contribution in [2.75, 3.05) is 25.4 Å². The quantitative estimate of drug-likeness (QED) is 0.363. The second kappa shape index (κ2) is 12.8. The van der Waals surface area contributed by atoms with Crippen LogP contribution in [-0.2, 0) is 17.8 Å². The SMILES string of the molecule is CC(C)(C)OC(=O)N(CCc1ccc(N)cc1)C[C@H](O)COc1ccc(OCc2ccccc2)cc1. The van der Waals surface area contributed by atoms with Crippen LogP contribution in [0, 0.1) is 0 Å². The van der Waals surface area contributed by atoms with Crippen LogP contribution in [0.2, 0.25) is 0 Å². The number of benzene rings is 3. The average molecular weight is 493 g/mol. The Labute approximate surface area is 213 Å². The van der Waals surface area contributed by atoms with E-state index in [4.69, 9.17) is 19.9 Å². The summed E-state index contributed by atoms with van der Waals surface area (Å²) < 4.78 is 17.1. The molecular weight excluding hydrogens is 456 g/mol. The lowest BCUT2D eigenvalue weighted by molar-refractivity contribution is 0.00944. The first-order valence-corrected chi connectivity index (χ1v) is 12.1. The Morgan fingerprint density at radius 3 is 2.11 bits per heavy atom. The van der Waals surface area contributed by atoms with E-state index in [2.05, 4.69) is 0 Å². The van der Waals surface area contributed by atoms with E-state index in [-0.39, 0.29) is 13.2 Å². The molecule has 36 heavy (non-hydrogen) atoms. The summed E-state index contributed by atoms with van der Waals surface area (Å²) in [4.78, 5) is 14.3. The Bertz CT molecular complexity index is 1060. The smallest absolute Gasteiger partial charge is 0.410 e. The molecule has 3 N–H and O–H groups in total. The van der Waals surface area contributed by atoms with Crippen molar-refractivity contribution < 1.29 is 24.1 Å². The van der Waals surface area contributed by atoms with Gasteiger partial charge in [-0.15, -0.1) is 0 Å². The number of amides is 1. The number of aliphatic hydroxyl groups is 1. The molecule has 0 aliphatic heterocycles. The maximum atomic E-state index is 12.8. The van der Waals surface area contributed by atoms with Gasteiger partial charge in [0.1, 0.15) is 36.4 Å². The number of hydrogen-bond acceptors (Lipinski definition) is 6. The Morgan fingerprint density at radius 1 is 0.889 bits per heavy atom. The molecule has 7 heteroatoms. The third kappa shape index (κ3) is 9.50. The van der Waals surface area contributed by atoms with Gasteiger partial charge in [0.2, 0.25) is 0 Å². The van der Waals surface area contributed by atoms with Gasteiger partial charge in [0.15, 0.2) is 0 Å². The molecule has 0 spiro atoms. The van der Waals surface area contributed by atoms with Crippen molar-refractivity contribution in [3.8, 4) is 11.5 Å². The van der Waals surface area contributed by atoms with Crippen LogP contribution in [0.25, 0.3) is 0 Å². The van der Waals surface area contributed by atoms with Gasteiger partial charge >= 0.3 is 6.09 Å². The van der Waals surface area contributed by atoms with Crippen LogP contribution in [0.3, 0.4) is 0 Å². The van der Waals surface area contributed by atoms with Crippen LogP contribution in [0.5, 0.6) is 11.5 Å². The van der Waals surface area contributed by atoms with E-state index in [1.165, 1.54) is 4.90 Å². The summed E-state index contributed by atoms with van der Waals surface area (Å²) in [5.74, 6) is 1.33. The summed E-state index contributed by atoms with van der Waals surface area (Å²) in [6.07, 6.45) is -0.757. The van der Waals surface area contributed by atoms with Crippen molar-refractivity contribution in [2.45, 2.75) is 45.5 Å². The second-order valence-corrected chi connectivity index (χ2v) is 9.63. The molecule has 0 heterocycles. The zero-order chi connectivity index (χ0) is 26.0. The zero-order valence-electron chi connectivity index (χ0n) is 21.2. The molecule has 3 aromatic carbocycles. The van der Waals surface area contributed by atoms with Crippen LogP contribution < -0.4 is 15.2 Å². The monoisotopic (exact) mass is 492 g/mol. The van der Waals surface area contributed by atoms with E-state index >= 15 is 0 Å². The topological polar surface area (TPSA) is 94.3 Å². The van der Waals surface area contributed by atoms with Crippen LogP contribution in [0.4, 0.5) is 10.5 Å². The lowest BCUT2D eigenvalue weighted by atomic mass is 10.1. The molecule has 0 saturated heterocycles. The number of ether oxygens (including phenoxy) is 3. The van der Waals surface area contributed by atoms with Crippen molar-refractivity contribution >= 4 is 11.8 Å². The molecule has 192 valence electrons. The second-order valence-electron chi connectivity index (χ2n) is 9.63. The molecule has 0 aliphatic carbocycles. The van der Waals surface area contributed by atoms with Gasteiger partial charge in [0.05, 0.1) is 6.54 Å². The van der Waals surface area contributed by atoms with Crippen molar-refractivity contribution in [2.24, 2.45) is 0 Å². The Morgan fingerprint density at radius 2 is 1.50 bits per heavy atom. The lowest BCUT2D eigenvalue weighted by Gasteiger charge is -2.29. The van der Waals surface area contributed by atoms with E-state index in [0.29, 0.717) is 31.0 Å². The van der Waals surface area contributed by atoms with Gasteiger partial charge in [-0.3, -0.25) is 0 Å². The first-order valence-electron chi connectivity index (χ1n) is 12.1. The molecule has 7 nitrogen and oxygen atoms in total. The Kier molecular flexibility index (Phi) is 9.59. The van der Waals surface area contributed by atoms with E-state index in [9.17, 15) is 9.90 Å². The molecule has 0 radical (unpaired) electrons. The minimum absolute atomic E-state index is 0.0331. The van der Waals surface area contributed by atoms with Crippen LogP contribution in [0.15, 0.2) is 78.9 Å². The van der Waals surface area contributed by atoms with Crippen molar-refractivity contribution in [3.63, 3.8) is 0 Å². The molecular formula is C29H36N2O5. The van der Waals surface area contributed by atoms with Crippen molar-refractivity contribution in [3.05, 3.63) is 90.0 Å². The summed E-state index contributed by atoms with van der Waals surface area (Å²) in [5.41, 5.74) is 7.94. The third-order valence-corrected chi connectivity index (χ3v) is 5.25. The van der Waals surface area contributed by atoms with Crippen LogP contribution in [0.1, 0.15) is 31.9 Å². The number of aliphatic hydroxyl groups excluding tert-OH is 1. The molecule has 0 saturated carbocycles. The van der Waals surface area contributed by atoms with Crippen molar-refractivity contribution in [1.82, 2.24) is 4.90 Å². The fourth-order valence-corrected chi connectivity index (χ4v) is 3.40. The molecule has 3 aromatic rings. The molecule has 0 fully saturated rings. The number of nitrogen functional groups attached to an aromatic ring is 1. The van der Waals surface area contributed by atoms with E-state index in [0.717, 1.165) is 16.9 Å². The standard InChI is InChI=1S/C29H36N2O5/c1-29(2,3)36-28(33)31(18-17-22-9-11-24(30)12-10-22)19-25(32)21-35-27-15-13-26(14-16-27)34-20-23-7-5-4-6-8-23/h4-16,25,32H,17-21,30H2,1-3H3/t25-/m0/s1. The van der Waals surface area contributed by atoms with Crippen LogP contribution in [-0.4, -0.2) is 47.5 Å². The van der Waals surface area contributed by atoms with Gasteiger partial charge in [-0.1, -0.05) is 42.5 Å². The maximum Gasteiger partial charge on any atom is 0.410 e. The van der Waals surface area contributed by atoms with Crippen molar-refractivity contribution in [1.29, 1.82) is 0 Å². The van der Waals surface area contributed by atoms with Crippen LogP contribution >= 0.6 is 0 Å². The normalized spacial score (nSPS) is 12.0. The molecule has 1 atom stereocenters. The first-order chi connectivity index (χ1) is 17.2. The number of carbonyl (C=O) groups excluding carboxylic acids is 1. The largest absolute Gasteiger partial charge is 0.491 e. The summed E-state index contributed by atoms with van der Waals surface area (Å²) in [7, 11) is 0. The highest BCUT2D eigenvalue weighted by molar-refractivity contribution is 5.68. The minimum Gasteiger partial charge on any atom is -0.491 e. The third-order valence-electron chi connectivity index (χ3n) is 5.25. The zero-order valence-corrected chi connectivity index (χ0v) is 21.2. The molecule has 0 unspecified atom stereocenters. The Balaban J connectivity index is 1.51. The summed E-state index contributed by atoms with van der Waals surface area (Å²) in [5, 5.41) is 10.6. The van der Waals surface area contributed by atoms with Gasteiger partial charge in [-0.05, 0) is 74.7 Å².